The third-order valence-electron chi connectivity index (χ3n) is 6.14. The number of rotatable bonds is 3. The molecule has 1 aromatic heterocycles. The Labute approximate surface area is 150 Å². The minimum Gasteiger partial charge on any atom is -0.308 e. The Morgan fingerprint density at radius 2 is 2.00 bits per heavy atom. The Morgan fingerprint density at radius 3 is 2.72 bits per heavy atom. The van der Waals surface area contributed by atoms with Crippen LogP contribution in [0.15, 0.2) is 42.1 Å². The third-order valence-corrected chi connectivity index (χ3v) is 6.14. The maximum Gasteiger partial charge on any atom is 0.0714 e. The molecule has 0 unspecified atom stereocenters. The average molecular weight is 330 g/mol. The molecule has 128 valence electrons. The maximum absolute atomic E-state index is 7.67. The molecule has 0 amide bonds. The fraction of sp³-hybridized carbons (Fsp3) is 0.391. The number of nitrogens with zero attached hydrogens (tertiary/aromatic N) is 1. The summed E-state index contributed by atoms with van der Waals surface area (Å²) >= 11 is 0. The molecular weight excluding hydrogens is 304 g/mol. The highest BCUT2D eigenvalue weighted by Gasteiger charge is 2.34. The van der Waals surface area contributed by atoms with E-state index in [1.165, 1.54) is 60.2 Å². The van der Waals surface area contributed by atoms with Crippen LogP contribution in [0.1, 0.15) is 68.7 Å². The van der Waals surface area contributed by atoms with Crippen LogP contribution in [-0.4, -0.2) is 11.2 Å². The number of hydrogen-bond acceptors (Lipinski definition) is 2. The molecule has 1 N–H and O–H groups in total. The summed E-state index contributed by atoms with van der Waals surface area (Å²) in [6, 6.07) is 6.96. The van der Waals surface area contributed by atoms with E-state index >= 15 is 0 Å². The number of nitrogens with one attached hydrogen (secondary N) is 1. The summed E-state index contributed by atoms with van der Waals surface area (Å²) in [6.45, 7) is 8.61. The molecule has 1 saturated carbocycles. The first-order valence-electron chi connectivity index (χ1n) is 9.37. The molecule has 1 fully saturated rings. The van der Waals surface area contributed by atoms with Gasteiger partial charge in [0.2, 0.25) is 0 Å². The molecule has 2 aliphatic carbocycles. The number of allylic oxidation sites excluding steroid dienone is 2. The Morgan fingerprint density at radius 1 is 1.24 bits per heavy atom. The van der Waals surface area contributed by atoms with E-state index in [0.717, 1.165) is 16.8 Å². The topological polar surface area (TPSA) is 36.7 Å². The molecule has 2 aliphatic rings. The SMILES string of the molecule is C=C(C=N)C1=Cc2nccc3cc(C4CCCCC4)cc(c23)C1(C)C. The average Bonchev–Trinajstić information content (AvgIpc) is 2.64. The van der Waals surface area contributed by atoms with Gasteiger partial charge in [-0.2, -0.15) is 0 Å². The lowest BCUT2D eigenvalue weighted by atomic mass is 9.68. The molecule has 1 heterocycles. The van der Waals surface area contributed by atoms with Crippen LogP contribution < -0.4 is 0 Å². The van der Waals surface area contributed by atoms with Crippen LogP contribution in [0.5, 0.6) is 0 Å². The molecule has 2 heteroatoms. The van der Waals surface area contributed by atoms with E-state index < -0.39 is 0 Å². The Kier molecular flexibility index (Phi) is 3.87. The van der Waals surface area contributed by atoms with Crippen LogP contribution in [0.2, 0.25) is 0 Å². The highest BCUT2D eigenvalue weighted by atomic mass is 14.7. The Bertz CT molecular complexity index is 896. The molecule has 1 aromatic carbocycles. The zero-order valence-electron chi connectivity index (χ0n) is 15.2. The summed E-state index contributed by atoms with van der Waals surface area (Å²) in [5, 5.41) is 10.2. The molecule has 0 radical (unpaired) electrons. The van der Waals surface area contributed by atoms with Crippen molar-refractivity contribution >= 4 is 23.1 Å². The lowest BCUT2D eigenvalue weighted by Gasteiger charge is -2.35. The molecular formula is C23H26N2. The van der Waals surface area contributed by atoms with Gasteiger partial charge in [0.1, 0.15) is 0 Å². The number of benzene rings is 1. The summed E-state index contributed by atoms with van der Waals surface area (Å²) < 4.78 is 0. The van der Waals surface area contributed by atoms with Crippen LogP contribution in [0.3, 0.4) is 0 Å². The van der Waals surface area contributed by atoms with Crippen molar-refractivity contribution < 1.29 is 0 Å². The second-order valence-electron chi connectivity index (χ2n) is 8.05. The highest BCUT2D eigenvalue weighted by Crippen LogP contribution is 2.46. The van der Waals surface area contributed by atoms with Crippen molar-refractivity contribution in [2.75, 3.05) is 0 Å². The largest absolute Gasteiger partial charge is 0.308 e. The van der Waals surface area contributed by atoms with Gasteiger partial charge in [-0.3, -0.25) is 4.98 Å². The second-order valence-corrected chi connectivity index (χ2v) is 8.05. The van der Waals surface area contributed by atoms with E-state index in [-0.39, 0.29) is 5.41 Å². The van der Waals surface area contributed by atoms with Crippen molar-refractivity contribution in [3.63, 3.8) is 0 Å². The van der Waals surface area contributed by atoms with Crippen molar-refractivity contribution in [1.29, 1.82) is 5.41 Å². The van der Waals surface area contributed by atoms with Gasteiger partial charge >= 0.3 is 0 Å². The second kappa shape index (κ2) is 5.94. The van der Waals surface area contributed by atoms with Gasteiger partial charge in [-0.15, -0.1) is 0 Å². The summed E-state index contributed by atoms with van der Waals surface area (Å²) in [4.78, 5) is 4.62. The van der Waals surface area contributed by atoms with E-state index in [0.29, 0.717) is 5.92 Å². The van der Waals surface area contributed by atoms with Crippen molar-refractivity contribution in [3.8, 4) is 0 Å². The van der Waals surface area contributed by atoms with Crippen LogP contribution >= 0.6 is 0 Å². The van der Waals surface area contributed by atoms with E-state index in [1.54, 1.807) is 0 Å². The summed E-state index contributed by atoms with van der Waals surface area (Å²) in [6.07, 6.45) is 12.1. The van der Waals surface area contributed by atoms with Crippen molar-refractivity contribution in [1.82, 2.24) is 4.98 Å². The van der Waals surface area contributed by atoms with E-state index in [1.807, 2.05) is 6.20 Å². The number of pyridine rings is 1. The van der Waals surface area contributed by atoms with Gasteiger partial charge in [0.05, 0.1) is 5.69 Å². The molecule has 0 aliphatic heterocycles. The highest BCUT2D eigenvalue weighted by molar-refractivity contribution is 5.99. The van der Waals surface area contributed by atoms with Gasteiger partial charge in [-0.05, 0) is 58.6 Å². The quantitative estimate of drug-likeness (QED) is 0.672. The van der Waals surface area contributed by atoms with Crippen molar-refractivity contribution in [2.24, 2.45) is 0 Å². The molecule has 0 bridgehead atoms. The van der Waals surface area contributed by atoms with E-state index in [4.69, 9.17) is 5.41 Å². The third kappa shape index (κ3) is 2.55. The number of hydrogen-bond donors (Lipinski definition) is 1. The van der Waals surface area contributed by atoms with Crippen LogP contribution in [0.4, 0.5) is 0 Å². The first kappa shape index (κ1) is 16.3. The lowest BCUT2D eigenvalue weighted by molar-refractivity contribution is 0.443. The molecule has 0 atom stereocenters. The molecule has 2 nitrogen and oxygen atoms in total. The van der Waals surface area contributed by atoms with Crippen LogP contribution in [-0.2, 0) is 5.41 Å². The Hall–Kier alpha value is -2.22. The molecule has 0 spiro atoms. The number of aromatic nitrogens is 1. The van der Waals surface area contributed by atoms with Crippen LogP contribution in [0.25, 0.3) is 16.8 Å². The van der Waals surface area contributed by atoms with Crippen LogP contribution in [0, 0.1) is 5.41 Å². The fourth-order valence-electron chi connectivity index (χ4n) is 4.68. The normalized spacial score (nSPS) is 19.5. The van der Waals surface area contributed by atoms with Gasteiger partial charge in [-0.1, -0.05) is 51.8 Å². The molecule has 25 heavy (non-hydrogen) atoms. The monoisotopic (exact) mass is 330 g/mol. The molecule has 2 aromatic rings. The van der Waals surface area contributed by atoms with Gasteiger partial charge in [0.15, 0.2) is 0 Å². The zero-order valence-corrected chi connectivity index (χ0v) is 15.2. The lowest BCUT2D eigenvalue weighted by Crippen LogP contribution is -2.25. The van der Waals surface area contributed by atoms with E-state index in [2.05, 4.69) is 49.7 Å². The first-order chi connectivity index (χ1) is 12.0. The van der Waals surface area contributed by atoms with Crippen molar-refractivity contribution in [2.45, 2.75) is 57.3 Å². The Balaban J connectivity index is 1.95. The summed E-state index contributed by atoms with van der Waals surface area (Å²) in [5.41, 5.74) is 5.56. The standard InChI is InChI=1S/C23H26N2/c1-15(14-24)19-13-21-22-17(9-10-25-21)11-18(12-20(22)23(19,2)3)16-7-5-4-6-8-16/h9-14,16,24H,1,4-8H2,2-3H3. The fourth-order valence-corrected chi connectivity index (χ4v) is 4.68. The zero-order chi connectivity index (χ0) is 17.6. The molecule has 0 saturated heterocycles. The predicted octanol–water partition coefficient (Wildman–Crippen LogP) is 6.16. The molecule has 4 rings (SSSR count). The predicted molar refractivity (Wildman–Crippen MR) is 106 cm³/mol. The first-order valence-corrected chi connectivity index (χ1v) is 9.37. The smallest absolute Gasteiger partial charge is 0.0714 e. The van der Waals surface area contributed by atoms with Crippen molar-refractivity contribution in [3.05, 3.63) is 58.9 Å². The summed E-state index contributed by atoms with van der Waals surface area (Å²) in [7, 11) is 0. The minimum absolute atomic E-state index is 0.159. The van der Waals surface area contributed by atoms with Gasteiger partial charge in [0, 0.05) is 23.2 Å². The van der Waals surface area contributed by atoms with Gasteiger partial charge in [-0.25, -0.2) is 0 Å². The summed E-state index contributed by atoms with van der Waals surface area (Å²) in [5.74, 6) is 0.683. The maximum atomic E-state index is 7.67. The van der Waals surface area contributed by atoms with Gasteiger partial charge in [0.25, 0.3) is 0 Å². The van der Waals surface area contributed by atoms with E-state index in [9.17, 15) is 0 Å². The van der Waals surface area contributed by atoms with Gasteiger partial charge < -0.3 is 5.41 Å². The minimum atomic E-state index is -0.159.